The van der Waals surface area contributed by atoms with E-state index in [9.17, 15) is 4.79 Å². The van der Waals surface area contributed by atoms with Crippen LogP contribution in [0.5, 0.6) is 0 Å². The van der Waals surface area contributed by atoms with Gasteiger partial charge in [-0.1, -0.05) is 67.4 Å². The second-order valence-corrected chi connectivity index (χ2v) is 11.1. The number of anilines is 2. The molecule has 0 radical (unpaired) electrons. The summed E-state index contributed by atoms with van der Waals surface area (Å²) in [6.07, 6.45) is 12.4. The van der Waals surface area contributed by atoms with Crippen LogP contribution in [0.3, 0.4) is 0 Å². The maximum Gasteiger partial charge on any atom is 0.251 e. The first-order chi connectivity index (χ1) is 19.5. The Morgan fingerprint density at radius 3 is 2.58 bits per heavy atom. The predicted octanol–water partition coefficient (Wildman–Crippen LogP) is 6.76. The zero-order chi connectivity index (χ0) is 27.7. The summed E-state index contributed by atoms with van der Waals surface area (Å²) in [6, 6.07) is 16.5. The van der Waals surface area contributed by atoms with E-state index >= 15 is 0 Å². The van der Waals surface area contributed by atoms with Crippen LogP contribution in [0.2, 0.25) is 10.0 Å². The van der Waals surface area contributed by atoms with Crippen molar-refractivity contribution in [1.29, 1.82) is 0 Å². The lowest BCUT2D eigenvalue weighted by atomic mass is 9.84. The number of carbonyl (C=O) groups excluding carboxylic acids is 1. The van der Waals surface area contributed by atoms with Crippen molar-refractivity contribution in [1.82, 2.24) is 24.8 Å². The highest BCUT2D eigenvalue weighted by atomic mass is 35.5. The fourth-order valence-electron chi connectivity index (χ4n) is 5.09. The Balaban J connectivity index is 1.34. The van der Waals surface area contributed by atoms with Crippen LogP contribution in [0.4, 0.5) is 11.8 Å². The number of benzene rings is 2. The predicted molar refractivity (Wildman–Crippen MR) is 160 cm³/mol. The van der Waals surface area contributed by atoms with E-state index < -0.39 is 0 Å². The lowest BCUT2D eigenvalue weighted by molar-refractivity contribution is 0.0950. The quantitative estimate of drug-likeness (QED) is 0.182. The third-order valence-corrected chi connectivity index (χ3v) is 7.62. The van der Waals surface area contributed by atoms with Gasteiger partial charge in [-0.3, -0.25) is 9.36 Å². The Morgan fingerprint density at radius 1 is 1.00 bits per heavy atom. The first-order valence-electron chi connectivity index (χ1n) is 13.7. The number of nitrogens with one attached hydrogen (secondary N) is 3. The summed E-state index contributed by atoms with van der Waals surface area (Å²) in [7, 11) is 0. The van der Waals surface area contributed by atoms with Crippen LogP contribution in [-0.2, 0) is 6.54 Å². The van der Waals surface area contributed by atoms with Gasteiger partial charge in [-0.2, -0.15) is 9.97 Å². The zero-order valence-electron chi connectivity index (χ0n) is 22.2. The van der Waals surface area contributed by atoms with Gasteiger partial charge in [0.1, 0.15) is 18.0 Å². The molecule has 2 aromatic carbocycles. The second kappa shape index (κ2) is 13.6. The average Bonchev–Trinajstić information content (AvgIpc) is 3.51. The summed E-state index contributed by atoms with van der Waals surface area (Å²) >= 11 is 12.2. The number of hydrogen-bond acceptors (Lipinski definition) is 6. The molecule has 10 heteroatoms. The minimum Gasteiger partial charge on any atom is -0.365 e. The second-order valence-electron chi connectivity index (χ2n) is 10.2. The van der Waals surface area contributed by atoms with Crippen LogP contribution in [0.1, 0.15) is 54.4 Å². The van der Waals surface area contributed by atoms with Crippen molar-refractivity contribution in [2.24, 2.45) is 5.92 Å². The van der Waals surface area contributed by atoms with Gasteiger partial charge in [0, 0.05) is 53.2 Å². The van der Waals surface area contributed by atoms with Gasteiger partial charge < -0.3 is 16.0 Å². The molecule has 40 heavy (non-hydrogen) atoms. The molecule has 1 atom stereocenters. The first kappa shape index (κ1) is 27.9. The SMILES string of the molecule is O=C(NCC(CC1CCCCC1)Nc1cc(-n2ccnc2)nc(NCc2cccc(Cl)c2)n1)c1ccc(Cl)cc1. The Morgan fingerprint density at radius 2 is 1.82 bits per heavy atom. The molecule has 3 N–H and O–H groups in total. The molecule has 1 saturated carbocycles. The molecule has 4 aromatic rings. The number of aromatic nitrogens is 4. The number of imidazole rings is 1. The molecule has 1 amide bonds. The van der Waals surface area contributed by atoms with Crippen LogP contribution < -0.4 is 16.0 Å². The van der Waals surface area contributed by atoms with E-state index in [2.05, 4.69) is 20.9 Å². The topological polar surface area (TPSA) is 96.8 Å². The molecule has 208 valence electrons. The number of nitrogens with zero attached hydrogens (tertiary/aromatic N) is 4. The summed E-state index contributed by atoms with van der Waals surface area (Å²) in [6.45, 7) is 0.990. The summed E-state index contributed by atoms with van der Waals surface area (Å²) in [5, 5.41) is 11.3. The monoisotopic (exact) mass is 577 g/mol. The molecule has 0 aliphatic heterocycles. The van der Waals surface area contributed by atoms with Crippen molar-refractivity contribution >= 4 is 40.9 Å². The van der Waals surface area contributed by atoms with Gasteiger partial charge in [-0.15, -0.1) is 0 Å². The van der Waals surface area contributed by atoms with E-state index in [0.29, 0.717) is 52.2 Å². The van der Waals surface area contributed by atoms with E-state index in [1.807, 2.05) is 41.1 Å². The molecule has 0 bridgehead atoms. The maximum absolute atomic E-state index is 12.9. The molecule has 1 aliphatic carbocycles. The molecule has 0 spiro atoms. The molecular formula is C30H33Cl2N7O. The van der Waals surface area contributed by atoms with Gasteiger partial charge in [0.05, 0.1) is 0 Å². The van der Waals surface area contributed by atoms with Crippen molar-refractivity contribution in [2.45, 2.75) is 51.1 Å². The normalized spacial score (nSPS) is 14.4. The number of amides is 1. The van der Waals surface area contributed by atoms with Crippen molar-refractivity contribution < 1.29 is 4.79 Å². The Labute approximate surface area is 244 Å². The van der Waals surface area contributed by atoms with E-state index in [4.69, 9.17) is 33.2 Å². The van der Waals surface area contributed by atoms with Crippen molar-refractivity contribution in [2.75, 3.05) is 17.2 Å². The minimum absolute atomic E-state index is 0.00864. The first-order valence-corrected chi connectivity index (χ1v) is 14.4. The fraction of sp³-hybridized carbons (Fsp3) is 0.333. The van der Waals surface area contributed by atoms with E-state index in [0.717, 1.165) is 12.0 Å². The maximum atomic E-state index is 12.9. The van der Waals surface area contributed by atoms with Gasteiger partial charge in [0.2, 0.25) is 5.95 Å². The van der Waals surface area contributed by atoms with Crippen LogP contribution in [-0.4, -0.2) is 38.0 Å². The molecule has 0 saturated heterocycles. The number of carbonyl (C=O) groups is 1. The van der Waals surface area contributed by atoms with Crippen LogP contribution in [0.15, 0.2) is 73.3 Å². The molecule has 2 aromatic heterocycles. The molecule has 1 unspecified atom stereocenters. The number of halogens is 2. The largest absolute Gasteiger partial charge is 0.365 e. The third-order valence-electron chi connectivity index (χ3n) is 7.13. The Hall–Kier alpha value is -3.62. The van der Waals surface area contributed by atoms with Gasteiger partial charge in [-0.25, -0.2) is 4.98 Å². The highest BCUT2D eigenvalue weighted by Gasteiger charge is 2.21. The number of rotatable bonds is 11. The highest BCUT2D eigenvalue weighted by Crippen LogP contribution is 2.28. The van der Waals surface area contributed by atoms with E-state index in [1.54, 1.807) is 36.8 Å². The molecule has 1 fully saturated rings. The van der Waals surface area contributed by atoms with Crippen LogP contribution >= 0.6 is 23.2 Å². The molecule has 2 heterocycles. The summed E-state index contributed by atoms with van der Waals surface area (Å²) in [4.78, 5) is 26.5. The molecule has 5 rings (SSSR count). The van der Waals surface area contributed by atoms with Gasteiger partial charge in [0.15, 0.2) is 0 Å². The Bertz CT molecular complexity index is 1390. The van der Waals surface area contributed by atoms with Crippen molar-refractivity contribution in [3.8, 4) is 5.82 Å². The summed E-state index contributed by atoms with van der Waals surface area (Å²) in [5.74, 6) is 2.32. The lowest BCUT2D eigenvalue weighted by Crippen LogP contribution is -2.38. The Kier molecular flexibility index (Phi) is 9.52. The summed E-state index contributed by atoms with van der Waals surface area (Å²) in [5.41, 5.74) is 1.61. The lowest BCUT2D eigenvalue weighted by Gasteiger charge is -2.28. The fourth-order valence-corrected chi connectivity index (χ4v) is 5.43. The standard InChI is InChI=1S/C30H33Cl2N7O/c31-24-11-9-23(10-12-24)29(40)34-19-26(16-21-5-2-1-3-6-21)36-27-17-28(39-14-13-33-20-39)38-30(37-27)35-18-22-7-4-8-25(32)15-22/h4,7-15,17,20-21,26H,1-3,5-6,16,18-19H2,(H,34,40)(H2,35,36,37,38). The zero-order valence-corrected chi connectivity index (χ0v) is 23.7. The van der Waals surface area contributed by atoms with Crippen molar-refractivity contribution in [3.63, 3.8) is 0 Å². The van der Waals surface area contributed by atoms with Gasteiger partial charge in [0.25, 0.3) is 5.91 Å². The smallest absolute Gasteiger partial charge is 0.251 e. The number of hydrogen-bond donors (Lipinski definition) is 3. The molecular weight excluding hydrogens is 545 g/mol. The van der Waals surface area contributed by atoms with E-state index in [-0.39, 0.29) is 11.9 Å². The van der Waals surface area contributed by atoms with Crippen molar-refractivity contribution in [3.05, 3.63) is 94.5 Å². The van der Waals surface area contributed by atoms with Crippen LogP contribution in [0, 0.1) is 5.92 Å². The average molecular weight is 579 g/mol. The highest BCUT2D eigenvalue weighted by molar-refractivity contribution is 6.30. The van der Waals surface area contributed by atoms with Crippen LogP contribution in [0.25, 0.3) is 5.82 Å². The minimum atomic E-state index is -0.127. The third kappa shape index (κ3) is 7.96. The van der Waals surface area contributed by atoms with E-state index in [1.165, 1.54) is 32.1 Å². The molecule has 8 nitrogen and oxygen atoms in total. The van der Waals surface area contributed by atoms with Gasteiger partial charge >= 0.3 is 0 Å². The van der Waals surface area contributed by atoms with Gasteiger partial charge in [-0.05, 0) is 54.3 Å². The molecule has 1 aliphatic rings. The summed E-state index contributed by atoms with van der Waals surface area (Å²) < 4.78 is 1.84.